The number of hydrogen-bond acceptors (Lipinski definition) is 5. The Morgan fingerprint density at radius 3 is 3.07 bits per heavy atom. The van der Waals surface area contributed by atoms with Crippen LogP contribution in [0.2, 0.25) is 0 Å². The van der Waals surface area contributed by atoms with Crippen molar-refractivity contribution in [3.05, 3.63) is 18.1 Å². The minimum atomic E-state index is 0.417. The predicted molar refractivity (Wildman–Crippen MR) is 54.2 cm³/mol. The Bertz CT molecular complexity index is 472. The van der Waals surface area contributed by atoms with Crippen molar-refractivity contribution in [2.75, 3.05) is 12.3 Å². The summed E-state index contributed by atoms with van der Waals surface area (Å²) in [5.41, 5.74) is 12.4. The maximum absolute atomic E-state index is 5.70. The highest BCUT2D eigenvalue weighted by Crippen LogP contribution is 2.19. The number of hydrogen-bond donors (Lipinski definition) is 3. The molecule has 0 atom stereocenters. The standard InChI is InChI=1S/C8H10N6/c9-3-1-2-5-6-7(10)11-4-12-8(6)14-13-5/h1-2,4H,3,9H2,(H3,10,11,12,13,14). The minimum absolute atomic E-state index is 0.417. The zero-order valence-electron chi connectivity index (χ0n) is 7.44. The van der Waals surface area contributed by atoms with Crippen molar-refractivity contribution in [3.63, 3.8) is 0 Å². The van der Waals surface area contributed by atoms with E-state index >= 15 is 0 Å². The molecule has 0 unspecified atom stereocenters. The van der Waals surface area contributed by atoms with Crippen LogP contribution in [0.5, 0.6) is 0 Å². The van der Waals surface area contributed by atoms with Crippen LogP contribution >= 0.6 is 0 Å². The van der Waals surface area contributed by atoms with E-state index in [4.69, 9.17) is 11.5 Å². The summed E-state index contributed by atoms with van der Waals surface area (Å²) < 4.78 is 0. The van der Waals surface area contributed by atoms with Gasteiger partial charge in [-0.1, -0.05) is 6.08 Å². The number of nitrogen functional groups attached to an aromatic ring is 1. The van der Waals surface area contributed by atoms with Crippen LogP contribution in [0.4, 0.5) is 5.82 Å². The molecule has 0 bridgehead atoms. The fourth-order valence-corrected chi connectivity index (χ4v) is 1.21. The summed E-state index contributed by atoms with van der Waals surface area (Å²) in [6, 6.07) is 0. The van der Waals surface area contributed by atoms with E-state index in [1.54, 1.807) is 6.08 Å². The molecule has 72 valence electrons. The maximum Gasteiger partial charge on any atom is 0.186 e. The van der Waals surface area contributed by atoms with Crippen LogP contribution in [-0.2, 0) is 0 Å². The van der Waals surface area contributed by atoms with Crippen LogP contribution in [0.3, 0.4) is 0 Å². The molecule has 0 aromatic carbocycles. The van der Waals surface area contributed by atoms with Gasteiger partial charge in [0.25, 0.3) is 0 Å². The lowest BCUT2D eigenvalue weighted by Crippen LogP contribution is -1.94. The van der Waals surface area contributed by atoms with Gasteiger partial charge < -0.3 is 11.5 Å². The van der Waals surface area contributed by atoms with E-state index in [1.165, 1.54) is 6.33 Å². The van der Waals surface area contributed by atoms with Gasteiger partial charge in [-0.05, 0) is 6.08 Å². The summed E-state index contributed by atoms with van der Waals surface area (Å²) in [6.45, 7) is 0.466. The lowest BCUT2D eigenvalue weighted by atomic mass is 10.2. The molecule has 2 rings (SSSR count). The quantitative estimate of drug-likeness (QED) is 0.613. The molecule has 0 saturated carbocycles. The number of H-pyrrole nitrogens is 1. The van der Waals surface area contributed by atoms with Crippen molar-refractivity contribution in [2.45, 2.75) is 0 Å². The molecule has 0 saturated heterocycles. The number of nitrogens with zero attached hydrogens (tertiary/aromatic N) is 3. The van der Waals surface area contributed by atoms with Gasteiger partial charge in [0, 0.05) is 6.54 Å². The summed E-state index contributed by atoms with van der Waals surface area (Å²) in [6.07, 6.45) is 5.00. The number of rotatable bonds is 2. The average Bonchev–Trinajstić information content (AvgIpc) is 2.59. The van der Waals surface area contributed by atoms with Crippen LogP contribution < -0.4 is 11.5 Å². The smallest absolute Gasteiger partial charge is 0.186 e. The summed E-state index contributed by atoms with van der Waals surface area (Å²) in [4.78, 5) is 7.86. The first-order valence-corrected chi connectivity index (χ1v) is 4.14. The fraction of sp³-hybridized carbons (Fsp3) is 0.125. The van der Waals surface area contributed by atoms with Crippen molar-refractivity contribution in [2.24, 2.45) is 5.73 Å². The SMILES string of the molecule is NCC=Cc1[nH]nc2ncnc(N)c12. The zero-order chi connectivity index (χ0) is 9.97. The second kappa shape index (κ2) is 3.43. The van der Waals surface area contributed by atoms with Crippen molar-refractivity contribution in [1.29, 1.82) is 0 Å². The summed E-state index contributed by atoms with van der Waals surface area (Å²) in [5.74, 6) is 0.417. The molecule has 14 heavy (non-hydrogen) atoms. The predicted octanol–water partition coefficient (Wildman–Crippen LogP) is -0.0930. The first-order chi connectivity index (χ1) is 6.83. The molecule has 5 N–H and O–H groups in total. The fourth-order valence-electron chi connectivity index (χ4n) is 1.21. The van der Waals surface area contributed by atoms with Crippen molar-refractivity contribution >= 4 is 22.9 Å². The third kappa shape index (κ3) is 1.31. The van der Waals surface area contributed by atoms with Crippen LogP contribution in [0, 0.1) is 0 Å². The average molecular weight is 190 g/mol. The number of fused-ring (bicyclic) bond motifs is 1. The highest BCUT2D eigenvalue weighted by atomic mass is 15.2. The largest absolute Gasteiger partial charge is 0.383 e. The second-order valence-electron chi connectivity index (χ2n) is 2.73. The highest BCUT2D eigenvalue weighted by molar-refractivity contribution is 5.92. The summed E-state index contributed by atoms with van der Waals surface area (Å²) in [7, 11) is 0. The van der Waals surface area contributed by atoms with Gasteiger partial charge in [-0.3, -0.25) is 5.10 Å². The van der Waals surface area contributed by atoms with Gasteiger partial charge in [0.2, 0.25) is 0 Å². The molecule has 6 nitrogen and oxygen atoms in total. The Morgan fingerprint density at radius 1 is 1.43 bits per heavy atom. The first kappa shape index (κ1) is 8.64. The Morgan fingerprint density at radius 2 is 2.29 bits per heavy atom. The summed E-state index contributed by atoms with van der Waals surface area (Å²) in [5, 5.41) is 7.53. The zero-order valence-corrected chi connectivity index (χ0v) is 7.44. The van der Waals surface area contributed by atoms with Gasteiger partial charge in [-0.2, -0.15) is 5.10 Å². The van der Waals surface area contributed by atoms with Gasteiger partial charge in [0.15, 0.2) is 5.65 Å². The van der Waals surface area contributed by atoms with E-state index in [0.717, 1.165) is 11.1 Å². The minimum Gasteiger partial charge on any atom is -0.383 e. The molecule has 2 heterocycles. The second-order valence-corrected chi connectivity index (χ2v) is 2.73. The molecule has 0 fully saturated rings. The third-order valence-corrected chi connectivity index (χ3v) is 1.83. The Balaban J connectivity index is 2.61. The van der Waals surface area contributed by atoms with Crippen LogP contribution in [0.15, 0.2) is 12.4 Å². The molecular formula is C8H10N6. The van der Waals surface area contributed by atoms with Crippen LogP contribution in [-0.4, -0.2) is 26.7 Å². The number of nitrogens with two attached hydrogens (primary N) is 2. The Hall–Kier alpha value is -1.95. The van der Waals surface area contributed by atoms with E-state index in [-0.39, 0.29) is 0 Å². The van der Waals surface area contributed by atoms with Crippen LogP contribution in [0.1, 0.15) is 5.69 Å². The lowest BCUT2D eigenvalue weighted by molar-refractivity contribution is 1.08. The molecule has 2 aromatic rings. The molecule has 0 radical (unpaired) electrons. The normalized spacial score (nSPS) is 11.5. The highest BCUT2D eigenvalue weighted by Gasteiger charge is 2.07. The lowest BCUT2D eigenvalue weighted by Gasteiger charge is -1.93. The Labute approximate surface area is 80.0 Å². The van der Waals surface area contributed by atoms with Gasteiger partial charge in [0.05, 0.1) is 11.1 Å². The number of aromatic amines is 1. The molecule has 6 heteroatoms. The van der Waals surface area contributed by atoms with E-state index in [1.807, 2.05) is 6.08 Å². The molecule has 0 aliphatic rings. The van der Waals surface area contributed by atoms with E-state index in [0.29, 0.717) is 18.0 Å². The van der Waals surface area contributed by atoms with E-state index in [2.05, 4.69) is 20.2 Å². The molecule has 0 aliphatic heterocycles. The van der Waals surface area contributed by atoms with E-state index < -0.39 is 0 Å². The van der Waals surface area contributed by atoms with Crippen molar-refractivity contribution < 1.29 is 0 Å². The molecule has 0 aliphatic carbocycles. The molecule has 0 amide bonds. The van der Waals surface area contributed by atoms with Crippen molar-refractivity contribution in [1.82, 2.24) is 20.2 Å². The Kier molecular flexibility index (Phi) is 2.11. The topological polar surface area (TPSA) is 106 Å². The van der Waals surface area contributed by atoms with Gasteiger partial charge in [-0.25, -0.2) is 9.97 Å². The number of aromatic nitrogens is 4. The van der Waals surface area contributed by atoms with Gasteiger partial charge in [-0.15, -0.1) is 0 Å². The van der Waals surface area contributed by atoms with Gasteiger partial charge >= 0.3 is 0 Å². The number of anilines is 1. The monoisotopic (exact) mass is 190 g/mol. The number of nitrogens with one attached hydrogen (secondary N) is 1. The van der Waals surface area contributed by atoms with Crippen LogP contribution in [0.25, 0.3) is 17.1 Å². The molecular weight excluding hydrogens is 180 g/mol. The molecule has 2 aromatic heterocycles. The first-order valence-electron chi connectivity index (χ1n) is 4.14. The van der Waals surface area contributed by atoms with E-state index in [9.17, 15) is 0 Å². The molecule has 0 spiro atoms. The van der Waals surface area contributed by atoms with Crippen molar-refractivity contribution in [3.8, 4) is 0 Å². The summed E-state index contributed by atoms with van der Waals surface area (Å²) >= 11 is 0. The van der Waals surface area contributed by atoms with Gasteiger partial charge in [0.1, 0.15) is 12.1 Å². The maximum atomic E-state index is 5.70. The third-order valence-electron chi connectivity index (χ3n) is 1.83.